The Morgan fingerprint density at radius 2 is 1.38 bits per heavy atom. The Morgan fingerprint density at radius 1 is 0.862 bits per heavy atom. The Hall–Kier alpha value is -2.17. The van der Waals surface area contributed by atoms with Gasteiger partial charge in [0, 0.05) is 19.8 Å². The quantitative estimate of drug-likeness (QED) is 0.385. The predicted octanol–water partition coefficient (Wildman–Crippen LogP) is 4.93. The summed E-state index contributed by atoms with van der Waals surface area (Å²) in [7, 11) is 0. The second kappa shape index (κ2) is 12.4. The lowest BCUT2D eigenvalue weighted by atomic mass is 9.66. The molecule has 2 aromatic carbocycles. The molecule has 1 amide bonds. The molecule has 0 atom stereocenters. The maximum Gasteiger partial charge on any atom is 0.237 e. The van der Waals surface area contributed by atoms with Gasteiger partial charge in [0.05, 0.1) is 0 Å². The first-order valence-corrected chi connectivity index (χ1v) is 10.7. The van der Waals surface area contributed by atoms with Crippen LogP contribution in [0.5, 0.6) is 0 Å². The zero-order chi connectivity index (χ0) is 21.0. The molecule has 0 fully saturated rings. The highest BCUT2D eigenvalue weighted by atomic mass is 16.5. The van der Waals surface area contributed by atoms with Crippen LogP contribution in [0.15, 0.2) is 60.7 Å². The molecule has 4 heteroatoms. The van der Waals surface area contributed by atoms with E-state index in [1.807, 2.05) is 67.6 Å². The van der Waals surface area contributed by atoms with Crippen molar-refractivity contribution < 1.29 is 14.3 Å². The standard InChI is InChI=1S/C25H35NO3/c1-4-28-18-12-7-13-19-29-20-26-24(27)25(21(2)3,22-14-8-5-9-15-22)23-16-10-6-11-17-23/h5-6,8-11,14-17,21H,4,7,12-13,18-20H2,1-3H3,(H,26,27). The molecule has 1 N–H and O–H groups in total. The van der Waals surface area contributed by atoms with E-state index in [1.54, 1.807) is 0 Å². The Labute approximate surface area is 175 Å². The van der Waals surface area contributed by atoms with Crippen molar-refractivity contribution in [1.29, 1.82) is 0 Å². The van der Waals surface area contributed by atoms with Gasteiger partial charge < -0.3 is 14.8 Å². The maximum atomic E-state index is 13.5. The van der Waals surface area contributed by atoms with Crippen molar-refractivity contribution in [2.45, 2.75) is 45.4 Å². The van der Waals surface area contributed by atoms with Crippen molar-refractivity contribution in [3.8, 4) is 0 Å². The van der Waals surface area contributed by atoms with Crippen LogP contribution in [0.4, 0.5) is 0 Å². The van der Waals surface area contributed by atoms with Gasteiger partial charge in [-0.25, -0.2) is 0 Å². The average Bonchev–Trinajstić information content (AvgIpc) is 2.74. The van der Waals surface area contributed by atoms with Gasteiger partial charge in [0.25, 0.3) is 0 Å². The van der Waals surface area contributed by atoms with E-state index >= 15 is 0 Å². The molecule has 0 aromatic heterocycles. The zero-order valence-corrected chi connectivity index (χ0v) is 18.0. The van der Waals surface area contributed by atoms with Crippen molar-refractivity contribution in [1.82, 2.24) is 5.32 Å². The van der Waals surface area contributed by atoms with E-state index in [0.717, 1.165) is 43.6 Å². The number of ether oxygens (including phenoxy) is 2. The summed E-state index contributed by atoms with van der Waals surface area (Å²) in [4.78, 5) is 13.5. The molecule has 0 heterocycles. The van der Waals surface area contributed by atoms with E-state index in [0.29, 0.717) is 6.61 Å². The summed E-state index contributed by atoms with van der Waals surface area (Å²) in [6.07, 6.45) is 3.08. The van der Waals surface area contributed by atoms with Gasteiger partial charge in [-0.15, -0.1) is 0 Å². The third-order valence-electron chi connectivity index (χ3n) is 5.30. The molecule has 0 radical (unpaired) electrons. The van der Waals surface area contributed by atoms with Gasteiger partial charge in [-0.2, -0.15) is 0 Å². The number of nitrogens with one attached hydrogen (secondary N) is 1. The van der Waals surface area contributed by atoms with Crippen molar-refractivity contribution in [3.63, 3.8) is 0 Å². The molecule has 2 rings (SSSR count). The second-order valence-electron chi connectivity index (χ2n) is 7.51. The molecular formula is C25H35NO3. The highest BCUT2D eigenvalue weighted by molar-refractivity contribution is 5.92. The van der Waals surface area contributed by atoms with E-state index in [1.165, 1.54) is 0 Å². The molecule has 0 bridgehead atoms. The Kier molecular flexibility index (Phi) is 9.89. The number of carbonyl (C=O) groups excluding carboxylic acids is 1. The Bertz CT molecular complexity index is 661. The fraction of sp³-hybridized carbons (Fsp3) is 0.480. The van der Waals surface area contributed by atoms with E-state index in [-0.39, 0.29) is 18.6 Å². The fourth-order valence-electron chi connectivity index (χ4n) is 3.82. The minimum absolute atomic E-state index is 0.0266. The van der Waals surface area contributed by atoms with Crippen LogP contribution in [0.2, 0.25) is 0 Å². The van der Waals surface area contributed by atoms with Crippen LogP contribution < -0.4 is 5.32 Å². The van der Waals surface area contributed by atoms with Crippen LogP contribution in [-0.2, 0) is 19.7 Å². The third-order valence-corrected chi connectivity index (χ3v) is 5.30. The first-order chi connectivity index (χ1) is 14.1. The third kappa shape index (κ3) is 6.15. The molecular weight excluding hydrogens is 362 g/mol. The molecule has 29 heavy (non-hydrogen) atoms. The minimum atomic E-state index is -0.761. The molecule has 0 aliphatic rings. The van der Waals surface area contributed by atoms with Gasteiger partial charge in [-0.1, -0.05) is 74.5 Å². The summed E-state index contributed by atoms with van der Waals surface area (Å²) < 4.78 is 11.0. The molecule has 0 aliphatic heterocycles. The van der Waals surface area contributed by atoms with Crippen molar-refractivity contribution >= 4 is 5.91 Å². The number of unbranched alkanes of at least 4 members (excludes halogenated alkanes) is 2. The second-order valence-corrected chi connectivity index (χ2v) is 7.51. The molecule has 0 saturated heterocycles. The first kappa shape index (κ1) is 23.1. The summed E-state index contributed by atoms with van der Waals surface area (Å²) in [6, 6.07) is 20.0. The van der Waals surface area contributed by atoms with Crippen molar-refractivity contribution in [3.05, 3.63) is 71.8 Å². The van der Waals surface area contributed by atoms with E-state index in [9.17, 15) is 4.79 Å². The Morgan fingerprint density at radius 3 is 1.86 bits per heavy atom. The van der Waals surface area contributed by atoms with E-state index in [4.69, 9.17) is 9.47 Å². The Balaban J connectivity index is 2.03. The maximum absolute atomic E-state index is 13.5. The van der Waals surface area contributed by atoms with E-state index in [2.05, 4.69) is 19.2 Å². The van der Waals surface area contributed by atoms with Crippen LogP contribution in [0.1, 0.15) is 51.2 Å². The topological polar surface area (TPSA) is 47.6 Å². The van der Waals surface area contributed by atoms with Gasteiger partial charge in [0.2, 0.25) is 5.91 Å². The van der Waals surface area contributed by atoms with Crippen LogP contribution in [-0.4, -0.2) is 32.5 Å². The largest absolute Gasteiger partial charge is 0.382 e. The summed E-state index contributed by atoms with van der Waals surface area (Å²) >= 11 is 0. The number of benzene rings is 2. The molecule has 2 aromatic rings. The van der Waals surface area contributed by atoms with Gasteiger partial charge in [-0.05, 0) is 43.2 Å². The minimum Gasteiger partial charge on any atom is -0.382 e. The average molecular weight is 398 g/mol. The van der Waals surface area contributed by atoms with Crippen LogP contribution in [0.3, 0.4) is 0 Å². The highest BCUT2D eigenvalue weighted by Gasteiger charge is 2.44. The molecule has 0 unspecified atom stereocenters. The van der Waals surface area contributed by atoms with Crippen LogP contribution >= 0.6 is 0 Å². The highest BCUT2D eigenvalue weighted by Crippen LogP contribution is 2.39. The smallest absolute Gasteiger partial charge is 0.237 e. The lowest BCUT2D eigenvalue weighted by molar-refractivity contribution is -0.128. The van der Waals surface area contributed by atoms with Crippen LogP contribution in [0.25, 0.3) is 0 Å². The number of amides is 1. The van der Waals surface area contributed by atoms with Crippen molar-refractivity contribution in [2.75, 3.05) is 26.6 Å². The summed E-state index contributed by atoms with van der Waals surface area (Å²) in [5, 5.41) is 3.03. The number of hydrogen-bond acceptors (Lipinski definition) is 3. The fourth-order valence-corrected chi connectivity index (χ4v) is 3.82. The zero-order valence-electron chi connectivity index (χ0n) is 18.0. The monoisotopic (exact) mass is 397 g/mol. The van der Waals surface area contributed by atoms with Gasteiger partial charge in [0.15, 0.2) is 0 Å². The molecule has 0 aliphatic carbocycles. The van der Waals surface area contributed by atoms with Crippen LogP contribution in [0, 0.1) is 5.92 Å². The van der Waals surface area contributed by atoms with E-state index < -0.39 is 5.41 Å². The summed E-state index contributed by atoms with van der Waals surface area (Å²) in [5.41, 5.74) is 1.23. The lowest BCUT2D eigenvalue weighted by Crippen LogP contribution is -2.49. The first-order valence-electron chi connectivity index (χ1n) is 10.7. The summed E-state index contributed by atoms with van der Waals surface area (Å²) in [6.45, 7) is 8.63. The predicted molar refractivity (Wildman–Crippen MR) is 118 cm³/mol. The number of hydrogen-bond donors (Lipinski definition) is 1. The number of carbonyl (C=O) groups is 1. The van der Waals surface area contributed by atoms with Gasteiger partial charge >= 0.3 is 0 Å². The molecule has 0 saturated carbocycles. The number of rotatable bonds is 13. The molecule has 158 valence electrons. The molecule has 0 spiro atoms. The van der Waals surface area contributed by atoms with Gasteiger partial charge in [-0.3, -0.25) is 4.79 Å². The normalized spacial score (nSPS) is 11.6. The van der Waals surface area contributed by atoms with Crippen molar-refractivity contribution in [2.24, 2.45) is 5.92 Å². The van der Waals surface area contributed by atoms with Gasteiger partial charge in [0.1, 0.15) is 12.1 Å². The summed E-state index contributed by atoms with van der Waals surface area (Å²) in [5.74, 6) is 0.0483. The lowest BCUT2D eigenvalue weighted by Gasteiger charge is -2.37. The molecule has 4 nitrogen and oxygen atoms in total. The SMILES string of the molecule is CCOCCCCCOCNC(=O)C(c1ccccc1)(c1ccccc1)C(C)C.